The van der Waals surface area contributed by atoms with Crippen LogP contribution in [0.1, 0.15) is 31.9 Å². The number of halogens is 1. The Morgan fingerprint density at radius 3 is 2.08 bits per heavy atom. The van der Waals surface area contributed by atoms with Crippen molar-refractivity contribution >= 4 is 39.1 Å². The van der Waals surface area contributed by atoms with E-state index in [-0.39, 0.29) is 29.0 Å². The molecule has 0 aromatic heterocycles. The third-order valence-corrected chi connectivity index (χ3v) is 8.41. The highest BCUT2D eigenvalue weighted by molar-refractivity contribution is 7.92. The smallest absolute Gasteiger partial charge is 0.264 e. The fourth-order valence-corrected chi connectivity index (χ4v) is 5.48. The van der Waals surface area contributed by atoms with Crippen molar-refractivity contribution in [2.45, 2.75) is 45.2 Å². The Morgan fingerprint density at radius 2 is 1.52 bits per heavy atom. The molecule has 0 saturated heterocycles. The Balaban J connectivity index is 2.00. The van der Waals surface area contributed by atoms with Crippen molar-refractivity contribution in [3.8, 4) is 5.75 Å². The highest BCUT2D eigenvalue weighted by atomic mass is 35.5. The van der Waals surface area contributed by atoms with Crippen LogP contribution in [0.5, 0.6) is 5.75 Å². The molecule has 10 heteroatoms. The van der Waals surface area contributed by atoms with E-state index in [1.165, 1.54) is 24.1 Å². The van der Waals surface area contributed by atoms with Gasteiger partial charge in [-0.15, -0.1) is 0 Å². The van der Waals surface area contributed by atoms with E-state index in [1.807, 2.05) is 45.0 Å². The average Bonchev–Trinajstić information content (AvgIpc) is 2.94. The van der Waals surface area contributed by atoms with E-state index in [2.05, 4.69) is 5.32 Å². The fraction of sp³-hybridized carbons (Fsp3) is 0.333. The third kappa shape index (κ3) is 7.99. The molecule has 0 fully saturated rings. The van der Waals surface area contributed by atoms with Crippen molar-refractivity contribution in [2.75, 3.05) is 24.5 Å². The van der Waals surface area contributed by atoms with Crippen LogP contribution in [0.3, 0.4) is 0 Å². The Hall–Kier alpha value is -3.56. The summed E-state index contributed by atoms with van der Waals surface area (Å²) < 4.78 is 33.9. The SMILES string of the molecule is COc1ccc(S(=O)(=O)N(CC(=O)N(Cc2ccc(C)cc2)[C@@H](C)C(=O)NCC(C)C)c2ccc(Cl)cc2)cc1. The van der Waals surface area contributed by atoms with E-state index in [0.29, 0.717) is 17.3 Å². The quantitative estimate of drug-likeness (QED) is 0.321. The average molecular weight is 586 g/mol. The minimum Gasteiger partial charge on any atom is -0.497 e. The maximum atomic E-state index is 13.9. The lowest BCUT2D eigenvalue weighted by atomic mass is 10.1. The molecule has 0 radical (unpaired) electrons. The van der Waals surface area contributed by atoms with E-state index in [0.717, 1.165) is 15.4 Å². The molecule has 40 heavy (non-hydrogen) atoms. The molecule has 0 heterocycles. The summed E-state index contributed by atoms with van der Waals surface area (Å²) in [5.41, 5.74) is 2.14. The number of hydrogen-bond donors (Lipinski definition) is 1. The number of benzene rings is 3. The van der Waals surface area contributed by atoms with E-state index >= 15 is 0 Å². The van der Waals surface area contributed by atoms with Gasteiger partial charge in [-0.25, -0.2) is 8.42 Å². The lowest BCUT2D eigenvalue weighted by Gasteiger charge is -2.32. The number of carbonyl (C=O) groups excluding carboxylic acids is 2. The first-order valence-electron chi connectivity index (χ1n) is 13.0. The summed E-state index contributed by atoms with van der Waals surface area (Å²) in [4.78, 5) is 28.4. The van der Waals surface area contributed by atoms with Gasteiger partial charge in [-0.2, -0.15) is 0 Å². The molecular formula is C30H36ClN3O5S. The number of ether oxygens (including phenoxy) is 1. The monoisotopic (exact) mass is 585 g/mol. The van der Waals surface area contributed by atoms with E-state index in [4.69, 9.17) is 16.3 Å². The molecule has 1 N–H and O–H groups in total. The second-order valence-electron chi connectivity index (χ2n) is 9.99. The number of nitrogens with zero attached hydrogens (tertiary/aromatic N) is 2. The molecule has 0 spiro atoms. The van der Waals surface area contributed by atoms with E-state index in [1.54, 1.807) is 43.3 Å². The number of amides is 2. The van der Waals surface area contributed by atoms with E-state index < -0.39 is 28.5 Å². The Morgan fingerprint density at radius 1 is 0.925 bits per heavy atom. The largest absolute Gasteiger partial charge is 0.497 e. The van der Waals surface area contributed by atoms with Crippen LogP contribution in [-0.4, -0.2) is 51.4 Å². The highest BCUT2D eigenvalue weighted by Crippen LogP contribution is 2.27. The fourth-order valence-electron chi connectivity index (χ4n) is 3.94. The van der Waals surface area contributed by atoms with Crippen LogP contribution >= 0.6 is 11.6 Å². The van der Waals surface area contributed by atoms with Crippen molar-refractivity contribution < 1.29 is 22.7 Å². The van der Waals surface area contributed by atoms with Crippen molar-refractivity contribution in [2.24, 2.45) is 5.92 Å². The number of nitrogens with one attached hydrogen (secondary N) is 1. The minimum atomic E-state index is -4.18. The minimum absolute atomic E-state index is 0.0103. The van der Waals surface area contributed by atoms with Crippen LogP contribution in [-0.2, 0) is 26.2 Å². The zero-order valence-corrected chi connectivity index (χ0v) is 25.0. The standard InChI is InChI=1S/C30H36ClN3O5S/c1-21(2)18-32-30(36)23(4)33(19-24-8-6-22(3)7-9-24)29(35)20-34(26-12-10-25(31)11-13-26)40(37,38)28-16-14-27(39-5)15-17-28/h6-17,21,23H,18-20H2,1-5H3,(H,32,36)/t23-/m0/s1. The molecule has 0 aliphatic rings. The number of carbonyl (C=O) groups is 2. The van der Waals surface area contributed by atoms with Gasteiger partial charge in [0, 0.05) is 18.1 Å². The third-order valence-electron chi connectivity index (χ3n) is 6.37. The van der Waals surface area contributed by atoms with Gasteiger partial charge >= 0.3 is 0 Å². The molecule has 2 amide bonds. The van der Waals surface area contributed by atoms with Gasteiger partial charge in [-0.1, -0.05) is 55.3 Å². The summed E-state index contributed by atoms with van der Waals surface area (Å²) in [5.74, 6) is -0.115. The molecule has 0 bridgehead atoms. The van der Waals surface area contributed by atoms with Gasteiger partial charge < -0.3 is 15.0 Å². The number of sulfonamides is 1. The summed E-state index contributed by atoms with van der Waals surface area (Å²) in [7, 11) is -2.69. The molecule has 1 atom stereocenters. The molecule has 8 nitrogen and oxygen atoms in total. The molecule has 0 unspecified atom stereocenters. The number of rotatable bonds is 12. The van der Waals surface area contributed by atoms with Gasteiger partial charge in [0.15, 0.2) is 0 Å². The predicted molar refractivity (Wildman–Crippen MR) is 158 cm³/mol. The Kier molecular flexibility index (Phi) is 10.6. The molecule has 3 rings (SSSR count). The number of methoxy groups -OCH3 is 1. The lowest BCUT2D eigenvalue weighted by molar-refractivity contribution is -0.139. The predicted octanol–water partition coefficient (Wildman–Crippen LogP) is 5.04. The molecule has 0 aliphatic heterocycles. The first kappa shape index (κ1) is 31.0. The van der Waals surface area contributed by atoms with E-state index in [9.17, 15) is 18.0 Å². The van der Waals surface area contributed by atoms with Gasteiger partial charge in [0.2, 0.25) is 11.8 Å². The van der Waals surface area contributed by atoms with Crippen LogP contribution in [0.25, 0.3) is 0 Å². The first-order valence-corrected chi connectivity index (χ1v) is 14.8. The zero-order chi connectivity index (χ0) is 29.4. The van der Waals surface area contributed by atoms with Crippen LogP contribution in [0.4, 0.5) is 5.69 Å². The molecule has 0 aliphatic carbocycles. The Bertz CT molecular complexity index is 1390. The van der Waals surface area contributed by atoms with Crippen molar-refractivity contribution in [3.63, 3.8) is 0 Å². The van der Waals surface area contributed by atoms with Gasteiger partial charge in [0.1, 0.15) is 18.3 Å². The van der Waals surface area contributed by atoms with Gasteiger partial charge in [0.25, 0.3) is 10.0 Å². The molecule has 3 aromatic carbocycles. The summed E-state index contributed by atoms with van der Waals surface area (Å²) in [6.07, 6.45) is 0. The summed E-state index contributed by atoms with van der Waals surface area (Å²) >= 11 is 6.07. The summed E-state index contributed by atoms with van der Waals surface area (Å²) in [6, 6.07) is 18.9. The van der Waals surface area contributed by atoms with Crippen molar-refractivity contribution in [1.82, 2.24) is 10.2 Å². The van der Waals surface area contributed by atoms with Crippen LogP contribution in [0.15, 0.2) is 77.7 Å². The van der Waals surface area contributed by atoms with Crippen molar-refractivity contribution in [3.05, 3.63) is 88.9 Å². The summed E-state index contributed by atoms with van der Waals surface area (Å²) in [6.45, 7) is 7.63. The van der Waals surface area contributed by atoms with Gasteiger partial charge in [-0.05, 0) is 73.9 Å². The first-order chi connectivity index (χ1) is 18.9. The van der Waals surface area contributed by atoms with Crippen LogP contribution in [0, 0.1) is 12.8 Å². The maximum Gasteiger partial charge on any atom is 0.264 e. The second-order valence-corrected chi connectivity index (χ2v) is 12.3. The molecule has 214 valence electrons. The normalized spacial score (nSPS) is 12.1. The summed E-state index contributed by atoms with van der Waals surface area (Å²) in [5, 5.41) is 3.30. The maximum absolute atomic E-state index is 13.9. The lowest BCUT2D eigenvalue weighted by Crippen LogP contribution is -2.51. The van der Waals surface area contributed by atoms with Crippen LogP contribution in [0.2, 0.25) is 5.02 Å². The second kappa shape index (κ2) is 13.7. The van der Waals surface area contributed by atoms with Crippen molar-refractivity contribution in [1.29, 1.82) is 0 Å². The molecule has 3 aromatic rings. The molecule has 0 saturated carbocycles. The Labute approximate surface area is 241 Å². The topological polar surface area (TPSA) is 96.0 Å². The number of anilines is 1. The zero-order valence-electron chi connectivity index (χ0n) is 23.4. The highest BCUT2D eigenvalue weighted by Gasteiger charge is 2.32. The van der Waals surface area contributed by atoms with Gasteiger partial charge in [-0.3, -0.25) is 13.9 Å². The number of hydrogen-bond acceptors (Lipinski definition) is 5. The molecular weight excluding hydrogens is 550 g/mol. The van der Waals surface area contributed by atoms with Crippen LogP contribution < -0.4 is 14.4 Å². The number of aryl methyl sites for hydroxylation is 1. The van der Waals surface area contributed by atoms with Gasteiger partial charge in [0.05, 0.1) is 17.7 Å².